The van der Waals surface area contributed by atoms with E-state index in [1.165, 1.54) is 25.7 Å². The standard InChI is InChI=1S/C18H22N2O/c21-18(15-8-4-3-5-9-15)16-10-11-17(19-14-16)20-12-6-1-2-7-13-20/h3-5,8-11,14,18,21H,1-2,6-7,12-13H2. The quantitative estimate of drug-likeness (QED) is 0.935. The molecule has 3 heteroatoms. The summed E-state index contributed by atoms with van der Waals surface area (Å²) in [6, 6.07) is 13.7. The van der Waals surface area contributed by atoms with Crippen LogP contribution in [0.2, 0.25) is 0 Å². The van der Waals surface area contributed by atoms with Crippen molar-refractivity contribution >= 4 is 5.82 Å². The van der Waals surface area contributed by atoms with Crippen molar-refractivity contribution in [2.24, 2.45) is 0 Å². The van der Waals surface area contributed by atoms with Crippen LogP contribution in [0.15, 0.2) is 48.7 Å². The molecule has 1 unspecified atom stereocenters. The van der Waals surface area contributed by atoms with Gasteiger partial charge in [-0.15, -0.1) is 0 Å². The zero-order valence-corrected chi connectivity index (χ0v) is 12.3. The molecular weight excluding hydrogens is 260 g/mol. The second-order valence-electron chi connectivity index (χ2n) is 5.66. The predicted octanol–water partition coefficient (Wildman–Crippen LogP) is 3.54. The number of benzene rings is 1. The molecule has 2 aromatic rings. The maximum Gasteiger partial charge on any atom is 0.128 e. The molecule has 1 atom stereocenters. The van der Waals surface area contributed by atoms with E-state index in [0.717, 1.165) is 30.0 Å². The number of pyridine rings is 1. The van der Waals surface area contributed by atoms with Crippen molar-refractivity contribution in [1.29, 1.82) is 0 Å². The summed E-state index contributed by atoms with van der Waals surface area (Å²) in [5.41, 5.74) is 1.75. The van der Waals surface area contributed by atoms with Gasteiger partial charge in [-0.1, -0.05) is 49.2 Å². The van der Waals surface area contributed by atoms with Gasteiger partial charge in [0.1, 0.15) is 11.9 Å². The molecule has 1 fully saturated rings. The van der Waals surface area contributed by atoms with Gasteiger partial charge < -0.3 is 10.0 Å². The van der Waals surface area contributed by atoms with Crippen LogP contribution in [0.4, 0.5) is 5.82 Å². The molecule has 1 aliphatic rings. The first-order valence-corrected chi connectivity index (χ1v) is 7.78. The summed E-state index contributed by atoms with van der Waals surface area (Å²) < 4.78 is 0. The van der Waals surface area contributed by atoms with Crippen LogP contribution in [-0.2, 0) is 0 Å². The molecule has 0 saturated carbocycles. The van der Waals surface area contributed by atoms with Crippen LogP contribution < -0.4 is 4.90 Å². The number of anilines is 1. The van der Waals surface area contributed by atoms with E-state index in [0.29, 0.717) is 0 Å². The lowest BCUT2D eigenvalue weighted by Crippen LogP contribution is -2.24. The van der Waals surface area contributed by atoms with E-state index in [4.69, 9.17) is 0 Å². The Labute approximate surface area is 126 Å². The Balaban J connectivity index is 1.74. The molecule has 1 aromatic heterocycles. The fourth-order valence-corrected chi connectivity index (χ4v) is 2.87. The number of hydrogen-bond acceptors (Lipinski definition) is 3. The predicted molar refractivity (Wildman–Crippen MR) is 85.4 cm³/mol. The van der Waals surface area contributed by atoms with Gasteiger partial charge in [-0.3, -0.25) is 0 Å². The maximum absolute atomic E-state index is 10.4. The summed E-state index contributed by atoms with van der Waals surface area (Å²) in [6.45, 7) is 2.18. The Morgan fingerprint density at radius 3 is 2.19 bits per heavy atom. The minimum Gasteiger partial charge on any atom is -0.384 e. The fourth-order valence-electron chi connectivity index (χ4n) is 2.87. The van der Waals surface area contributed by atoms with Crippen molar-refractivity contribution in [2.75, 3.05) is 18.0 Å². The topological polar surface area (TPSA) is 36.4 Å². The molecule has 1 N–H and O–H groups in total. The van der Waals surface area contributed by atoms with Gasteiger partial charge in [0.15, 0.2) is 0 Å². The van der Waals surface area contributed by atoms with Gasteiger partial charge >= 0.3 is 0 Å². The normalized spacial score (nSPS) is 17.3. The van der Waals surface area contributed by atoms with Crippen molar-refractivity contribution < 1.29 is 5.11 Å². The Kier molecular flexibility index (Phi) is 4.51. The highest BCUT2D eigenvalue weighted by molar-refractivity contribution is 5.41. The second kappa shape index (κ2) is 6.72. The molecule has 0 aliphatic carbocycles. The average Bonchev–Trinajstić information content (AvgIpc) is 2.84. The van der Waals surface area contributed by atoms with E-state index >= 15 is 0 Å². The van der Waals surface area contributed by atoms with Gasteiger partial charge in [-0.2, -0.15) is 0 Å². The third kappa shape index (κ3) is 3.42. The zero-order valence-electron chi connectivity index (χ0n) is 12.3. The molecule has 0 bridgehead atoms. The highest BCUT2D eigenvalue weighted by Crippen LogP contribution is 2.23. The van der Waals surface area contributed by atoms with Crippen molar-refractivity contribution in [3.63, 3.8) is 0 Å². The van der Waals surface area contributed by atoms with Crippen LogP contribution in [-0.4, -0.2) is 23.2 Å². The van der Waals surface area contributed by atoms with Gasteiger partial charge in [0.25, 0.3) is 0 Å². The molecule has 0 radical (unpaired) electrons. The van der Waals surface area contributed by atoms with Crippen LogP contribution in [0.3, 0.4) is 0 Å². The first kappa shape index (κ1) is 14.1. The fraction of sp³-hybridized carbons (Fsp3) is 0.389. The SMILES string of the molecule is OC(c1ccccc1)c1ccc(N2CCCCCC2)nc1. The van der Waals surface area contributed by atoms with E-state index in [2.05, 4.69) is 9.88 Å². The van der Waals surface area contributed by atoms with E-state index in [9.17, 15) is 5.11 Å². The van der Waals surface area contributed by atoms with Crippen molar-refractivity contribution in [1.82, 2.24) is 4.98 Å². The summed E-state index contributed by atoms with van der Waals surface area (Å²) in [5, 5.41) is 10.4. The van der Waals surface area contributed by atoms with Gasteiger partial charge in [0.2, 0.25) is 0 Å². The molecule has 1 saturated heterocycles. The molecule has 21 heavy (non-hydrogen) atoms. The second-order valence-corrected chi connectivity index (χ2v) is 5.66. The lowest BCUT2D eigenvalue weighted by Gasteiger charge is -2.22. The average molecular weight is 282 g/mol. The molecule has 1 aromatic carbocycles. The van der Waals surface area contributed by atoms with Gasteiger partial charge in [0, 0.05) is 24.8 Å². The van der Waals surface area contributed by atoms with E-state index < -0.39 is 6.10 Å². The van der Waals surface area contributed by atoms with Crippen molar-refractivity contribution in [3.05, 3.63) is 59.8 Å². The monoisotopic (exact) mass is 282 g/mol. The van der Waals surface area contributed by atoms with E-state index in [-0.39, 0.29) is 0 Å². The van der Waals surface area contributed by atoms with E-state index in [1.54, 1.807) is 6.20 Å². The number of hydrogen-bond donors (Lipinski definition) is 1. The molecule has 1 aliphatic heterocycles. The van der Waals surface area contributed by atoms with Crippen LogP contribution in [0.1, 0.15) is 42.9 Å². The molecule has 110 valence electrons. The van der Waals surface area contributed by atoms with Gasteiger partial charge in [-0.25, -0.2) is 4.98 Å². The van der Waals surface area contributed by atoms with Crippen molar-refractivity contribution in [3.8, 4) is 0 Å². The molecule has 2 heterocycles. The minimum absolute atomic E-state index is 0.600. The Bertz CT molecular complexity index is 545. The van der Waals surface area contributed by atoms with Crippen LogP contribution in [0.25, 0.3) is 0 Å². The lowest BCUT2D eigenvalue weighted by atomic mass is 10.0. The lowest BCUT2D eigenvalue weighted by molar-refractivity contribution is 0.220. The summed E-state index contributed by atoms with van der Waals surface area (Å²) in [6.07, 6.45) is 6.34. The first-order valence-electron chi connectivity index (χ1n) is 7.78. The molecule has 0 spiro atoms. The van der Waals surface area contributed by atoms with E-state index in [1.807, 2.05) is 42.5 Å². The third-order valence-electron chi connectivity index (χ3n) is 4.13. The summed E-state index contributed by atoms with van der Waals surface area (Å²) in [7, 11) is 0. The number of aliphatic hydroxyl groups is 1. The highest BCUT2D eigenvalue weighted by Gasteiger charge is 2.13. The van der Waals surface area contributed by atoms with Crippen LogP contribution >= 0.6 is 0 Å². The summed E-state index contributed by atoms with van der Waals surface area (Å²) in [5.74, 6) is 1.03. The van der Waals surface area contributed by atoms with Crippen LogP contribution in [0.5, 0.6) is 0 Å². The number of rotatable bonds is 3. The molecular formula is C18H22N2O. The molecule has 3 rings (SSSR count). The van der Waals surface area contributed by atoms with Crippen molar-refractivity contribution in [2.45, 2.75) is 31.8 Å². The number of aliphatic hydroxyl groups excluding tert-OH is 1. The number of aromatic nitrogens is 1. The maximum atomic E-state index is 10.4. The Hall–Kier alpha value is -1.87. The summed E-state index contributed by atoms with van der Waals surface area (Å²) in [4.78, 5) is 6.91. The summed E-state index contributed by atoms with van der Waals surface area (Å²) >= 11 is 0. The van der Waals surface area contributed by atoms with Crippen LogP contribution in [0, 0.1) is 0 Å². The number of nitrogens with zero attached hydrogens (tertiary/aromatic N) is 2. The van der Waals surface area contributed by atoms with Gasteiger partial charge in [-0.05, 0) is 24.5 Å². The van der Waals surface area contributed by atoms with Gasteiger partial charge in [0.05, 0.1) is 0 Å². The largest absolute Gasteiger partial charge is 0.384 e. The minimum atomic E-state index is -0.600. The Morgan fingerprint density at radius 1 is 0.857 bits per heavy atom. The highest BCUT2D eigenvalue weighted by atomic mass is 16.3. The Morgan fingerprint density at radius 2 is 1.57 bits per heavy atom. The molecule has 3 nitrogen and oxygen atoms in total. The smallest absolute Gasteiger partial charge is 0.128 e. The molecule has 0 amide bonds. The zero-order chi connectivity index (χ0) is 14.5. The third-order valence-corrected chi connectivity index (χ3v) is 4.13. The first-order chi connectivity index (χ1) is 10.3.